The molecular weight excluding hydrogens is 741 g/mol. The van der Waals surface area contributed by atoms with Gasteiger partial charge in [0.05, 0.1) is 22.8 Å². The highest BCUT2D eigenvalue weighted by Gasteiger charge is 2.46. The van der Waals surface area contributed by atoms with E-state index < -0.39 is 5.41 Å². The van der Waals surface area contributed by atoms with E-state index >= 15 is 0 Å². The number of anilines is 2. The smallest absolute Gasteiger partial charge is 0.147 e. The number of nitriles is 1. The molecule has 0 bridgehead atoms. The second-order valence-corrected chi connectivity index (χ2v) is 17.1. The molecule has 3 aliphatic carbocycles. The lowest BCUT2D eigenvalue weighted by Gasteiger charge is -2.42. The zero-order valence-corrected chi connectivity index (χ0v) is 34.9. The van der Waals surface area contributed by atoms with Crippen LogP contribution in [0.4, 0.5) is 11.4 Å². The highest BCUT2D eigenvalue weighted by molar-refractivity contribution is 6.10. The summed E-state index contributed by atoms with van der Waals surface area (Å²) in [7, 11) is 2.16. The fourth-order valence-electron chi connectivity index (χ4n) is 10.1. The van der Waals surface area contributed by atoms with Crippen LogP contribution in [0.2, 0.25) is 0 Å². The van der Waals surface area contributed by atoms with Crippen LogP contribution in [0.1, 0.15) is 77.4 Å². The van der Waals surface area contributed by atoms with Crippen LogP contribution in [0.3, 0.4) is 0 Å². The van der Waals surface area contributed by atoms with Crippen LogP contribution in [-0.2, 0) is 5.41 Å². The van der Waals surface area contributed by atoms with Gasteiger partial charge in [-0.05, 0) is 106 Å². The van der Waals surface area contributed by atoms with Crippen molar-refractivity contribution in [3.05, 3.63) is 244 Å². The molecule has 0 spiro atoms. The van der Waals surface area contributed by atoms with Crippen molar-refractivity contribution < 1.29 is 0 Å². The minimum absolute atomic E-state index is 0.216. The molecule has 4 heteroatoms. The van der Waals surface area contributed by atoms with Gasteiger partial charge in [0.2, 0.25) is 0 Å². The van der Waals surface area contributed by atoms with Crippen molar-refractivity contribution in [2.45, 2.75) is 38.3 Å². The van der Waals surface area contributed by atoms with Crippen molar-refractivity contribution in [3.63, 3.8) is 0 Å². The summed E-state index contributed by atoms with van der Waals surface area (Å²) < 4.78 is 0. The third-order valence-electron chi connectivity index (χ3n) is 13.1. The maximum absolute atomic E-state index is 9.79. The monoisotopic (exact) mass is 788 g/mol. The molecule has 0 aromatic heterocycles. The molecule has 4 aliphatic rings. The zero-order chi connectivity index (χ0) is 41.6. The number of nitrogens with zero attached hydrogens (tertiary/aromatic N) is 3. The lowest BCUT2D eigenvalue weighted by atomic mass is 9.67. The average molecular weight is 789 g/mol. The van der Waals surface area contributed by atoms with Gasteiger partial charge in [-0.2, -0.15) is 5.26 Å². The highest BCUT2D eigenvalue weighted by Crippen LogP contribution is 2.58. The lowest BCUT2D eigenvalue weighted by molar-refractivity contribution is 0.251. The summed E-state index contributed by atoms with van der Waals surface area (Å²) >= 11 is 0. The zero-order valence-electron chi connectivity index (χ0n) is 34.9. The second kappa shape index (κ2) is 15.4. The topological polar surface area (TPSA) is 51.4 Å². The number of hydrogen-bond donors (Lipinski definition) is 1. The van der Waals surface area contributed by atoms with Crippen LogP contribution >= 0.6 is 0 Å². The van der Waals surface area contributed by atoms with Crippen molar-refractivity contribution in [1.29, 1.82) is 5.26 Å². The van der Waals surface area contributed by atoms with Gasteiger partial charge in [-0.25, -0.2) is 0 Å². The molecule has 3 atom stereocenters. The number of benzene rings is 6. The fraction of sp³-hybridized carbons (Fsp3) is 0.158. The van der Waals surface area contributed by atoms with Gasteiger partial charge in [0.15, 0.2) is 0 Å². The van der Waals surface area contributed by atoms with Gasteiger partial charge < -0.3 is 10.2 Å². The first-order valence-electron chi connectivity index (χ1n) is 21.4. The number of aliphatic imine (C=N–C) groups is 1. The predicted molar refractivity (Wildman–Crippen MR) is 252 cm³/mol. The van der Waals surface area contributed by atoms with E-state index in [-0.39, 0.29) is 11.6 Å². The summed E-state index contributed by atoms with van der Waals surface area (Å²) in [6.45, 7) is 4.60. The first-order chi connectivity index (χ1) is 29.9. The summed E-state index contributed by atoms with van der Waals surface area (Å²) in [5.41, 5.74) is 16.2. The summed E-state index contributed by atoms with van der Waals surface area (Å²) in [6.07, 6.45) is 19.4. The minimum Gasteiger partial charge on any atom is -0.355 e. The average Bonchev–Trinajstić information content (AvgIpc) is 3.59. The summed E-state index contributed by atoms with van der Waals surface area (Å²) in [5.74, 6) is 0.436. The molecule has 4 nitrogen and oxygen atoms in total. The lowest BCUT2D eigenvalue weighted by Crippen LogP contribution is -2.36. The first-order valence-corrected chi connectivity index (χ1v) is 21.4. The number of nitrogens with one attached hydrogen (secondary N) is 1. The van der Waals surface area contributed by atoms with E-state index in [2.05, 4.69) is 213 Å². The maximum atomic E-state index is 9.79. The number of allylic oxidation sites excluding steroid dienone is 9. The minimum atomic E-state index is -0.514. The molecule has 3 unspecified atom stereocenters. The van der Waals surface area contributed by atoms with E-state index in [0.717, 1.165) is 41.1 Å². The van der Waals surface area contributed by atoms with Crippen molar-refractivity contribution in [1.82, 2.24) is 4.90 Å². The highest BCUT2D eigenvalue weighted by atomic mass is 15.3. The van der Waals surface area contributed by atoms with Gasteiger partial charge >= 0.3 is 0 Å². The molecule has 6 aromatic rings. The number of rotatable bonds is 8. The Kier molecular flexibility index (Phi) is 9.61. The molecule has 10 rings (SSSR count). The SMILES string of the molecule is CC1C=CC=C(c2cc3c(cc2Nc2cccc(C4N=C(c5cccc(C#N)c5)C=C(C5(C)C=CC=CC5)N4C)c2)C(c2ccccc2)(c2ccccc2)c2ccccc2-3)C1. The van der Waals surface area contributed by atoms with Crippen LogP contribution < -0.4 is 5.32 Å². The van der Waals surface area contributed by atoms with Crippen molar-refractivity contribution in [2.75, 3.05) is 12.4 Å². The molecule has 0 saturated carbocycles. The third-order valence-corrected chi connectivity index (χ3v) is 13.1. The third kappa shape index (κ3) is 6.58. The molecule has 0 fully saturated rings. The normalized spacial score (nSPS) is 20.8. The Hall–Kier alpha value is -7.22. The van der Waals surface area contributed by atoms with Crippen molar-refractivity contribution in [2.24, 2.45) is 16.3 Å². The standard InChI is InChI=1S/C57H48N4/c1-39-18-15-20-41(32-39)48-35-49-47-28-11-12-29-50(47)57(44-23-7-4-8-24-44,45-25-9-5-10-26-45)51(49)36-53(48)59-46-27-17-22-43(34-46)55-60-52(42-21-16-19-40(33-42)38-58)37-54(61(55)3)56(2)30-13-6-14-31-56/h4-30,33-37,39,55,59H,31-32H2,1-3H3. The maximum Gasteiger partial charge on any atom is 0.147 e. The first kappa shape index (κ1) is 38.0. The molecule has 1 N–H and O–H groups in total. The molecule has 0 amide bonds. The van der Waals surface area contributed by atoms with Crippen LogP contribution in [0.5, 0.6) is 0 Å². The Balaban J connectivity index is 1.13. The van der Waals surface area contributed by atoms with Crippen molar-refractivity contribution in [3.8, 4) is 17.2 Å². The van der Waals surface area contributed by atoms with Gasteiger partial charge in [0.1, 0.15) is 6.17 Å². The summed E-state index contributed by atoms with van der Waals surface area (Å²) in [5, 5.41) is 13.8. The fourth-order valence-corrected chi connectivity index (χ4v) is 10.1. The Morgan fingerprint density at radius 3 is 2.23 bits per heavy atom. The van der Waals surface area contributed by atoms with Gasteiger partial charge in [-0.15, -0.1) is 0 Å². The molecule has 1 aliphatic heterocycles. The van der Waals surface area contributed by atoms with E-state index in [0.29, 0.717) is 11.5 Å². The number of hydrogen-bond acceptors (Lipinski definition) is 4. The van der Waals surface area contributed by atoms with E-state index in [1.807, 2.05) is 18.2 Å². The van der Waals surface area contributed by atoms with Crippen LogP contribution in [0, 0.1) is 22.7 Å². The van der Waals surface area contributed by atoms with E-state index in [9.17, 15) is 5.26 Å². The summed E-state index contributed by atoms with van der Waals surface area (Å²) in [4.78, 5) is 7.76. The Morgan fingerprint density at radius 2 is 1.49 bits per heavy atom. The second-order valence-electron chi connectivity index (χ2n) is 17.1. The largest absolute Gasteiger partial charge is 0.355 e. The van der Waals surface area contributed by atoms with Crippen molar-refractivity contribution >= 4 is 22.7 Å². The molecule has 1 heterocycles. The molecule has 0 radical (unpaired) electrons. The van der Waals surface area contributed by atoms with Crippen LogP contribution in [0.15, 0.2) is 205 Å². The summed E-state index contributed by atoms with van der Waals surface area (Å²) in [6, 6.07) is 54.8. The molecule has 0 saturated heterocycles. The Labute approximate surface area is 360 Å². The van der Waals surface area contributed by atoms with E-state index in [4.69, 9.17) is 4.99 Å². The van der Waals surface area contributed by atoms with Gasteiger partial charge in [-0.1, -0.05) is 166 Å². The predicted octanol–water partition coefficient (Wildman–Crippen LogP) is 13.5. The van der Waals surface area contributed by atoms with Crippen LogP contribution in [-0.4, -0.2) is 17.7 Å². The number of fused-ring (bicyclic) bond motifs is 3. The van der Waals surface area contributed by atoms with Gasteiger partial charge in [-0.3, -0.25) is 4.99 Å². The Morgan fingerprint density at radius 1 is 0.738 bits per heavy atom. The molecule has 296 valence electrons. The molecule has 6 aromatic carbocycles. The molecular formula is C57H48N4. The molecule has 61 heavy (non-hydrogen) atoms. The van der Waals surface area contributed by atoms with Crippen LogP contribution in [0.25, 0.3) is 16.7 Å². The van der Waals surface area contributed by atoms with E-state index in [1.165, 1.54) is 50.2 Å². The quantitative estimate of drug-likeness (QED) is 0.167. The Bertz CT molecular complexity index is 2860. The van der Waals surface area contributed by atoms with Gasteiger partial charge in [0, 0.05) is 40.7 Å². The van der Waals surface area contributed by atoms with Gasteiger partial charge in [0.25, 0.3) is 0 Å². The van der Waals surface area contributed by atoms with E-state index in [1.54, 1.807) is 0 Å².